The predicted octanol–water partition coefficient (Wildman–Crippen LogP) is 5.53. The molecule has 6 bridgehead atoms. The van der Waals surface area contributed by atoms with Crippen molar-refractivity contribution in [3.8, 4) is 5.75 Å². The lowest BCUT2D eigenvalue weighted by Crippen LogP contribution is -2.37. The second kappa shape index (κ2) is 14.9. The maximum Gasteiger partial charge on any atom is 0.229 e. The minimum atomic E-state index is 0. The fourth-order valence-electron chi connectivity index (χ4n) is 5.00. The summed E-state index contributed by atoms with van der Waals surface area (Å²) >= 11 is 0. The molecule has 3 aliphatic heterocycles. The Morgan fingerprint density at radius 2 is 1.89 bits per heavy atom. The molecule has 0 spiro atoms. The van der Waals surface area contributed by atoms with Crippen molar-refractivity contribution in [1.82, 2.24) is 14.9 Å². The molecule has 1 unspecified atom stereocenters. The number of ether oxygens (including phenoxy) is 3. The van der Waals surface area contributed by atoms with E-state index in [1.165, 1.54) is 32.4 Å². The summed E-state index contributed by atoms with van der Waals surface area (Å²) in [5.74, 6) is 2.93. The number of likely N-dealkylation sites (tertiary alicyclic amines) is 1. The number of nitrogens with zero attached hydrogens (tertiary/aromatic N) is 4. The molecule has 1 aromatic heterocycles. The number of piperidine rings is 1. The molecule has 0 saturated carbocycles. The van der Waals surface area contributed by atoms with Gasteiger partial charge in [-0.15, -0.1) is 0 Å². The van der Waals surface area contributed by atoms with Gasteiger partial charge >= 0.3 is 0 Å². The summed E-state index contributed by atoms with van der Waals surface area (Å²) in [7, 11) is 0. The van der Waals surface area contributed by atoms with Crippen LogP contribution in [0.1, 0.15) is 47.9 Å². The van der Waals surface area contributed by atoms with Gasteiger partial charge in [0, 0.05) is 39.9 Å². The average Bonchev–Trinajstić information content (AvgIpc) is 3.46. The lowest BCUT2D eigenvalue weighted by Gasteiger charge is -2.33. The Balaban J connectivity index is 0.00000130. The molecule has 1 N–H and O–H groups in total. The number of nitrogens with one attached hydrogen (secondary N) is 1. The van der Waals surface area contributed by atoms with Gasteiger partial charge in [0.15, 0.2) is 0 Å². The molecule has 5 rings (SSSR count). The molecule has 1 atom stereocenters. The number of hydrogen-bond acceptors (Lipinski definition) is 8. The number of rotatable bonds is 4. The van der Waals surface area contributed by atoms with E-state index in [9.17, 15) is 0 Å². The largest absolute Gasteiger partial charge is 0.492 e. The number of anilines is 3. The van der Waals surface area contributed by atoms with Crippen molar-refractivity contribution in [2.75, 3.05) is 69.4 Å². The summed E-state index contributed by atoms with van der Waals surface area (Å²) in [5, 5.41) is 3.38. The third-order valence-corrected chi connectivity index (χ3v) is 6.87. The van der Waals surface area contributed by atoms with E-state index in [1.807, 2.05) is 50.4 Å². The second-order valence-electron chi connectivity index (χ2n) is 9.56. The smallest absolute Gasteiger partial charge is 0.229 e. The van der Waals surface area contributed by atoms with Crippen molar-refractivity contribution in [3.63, 3.8) is 0 Å². The van der Waals surface area contributed by atoms with Gasteiger partial charge in [0.05, 0.1) is 26.4 Å². The summed E-state index contributed by atoms with van der Waals surface area (Å²) in [4.78, 5) is 14.1. The molecule has 0 aliphatic carbocycles. The van der Waals surface area contributed by atoms with Gasteiger partial charge in [-0.05, 0) is 69.0 Å². The fourth-order valence-corrected chi connectivity index (χ4v) is 5.00. The van der Waals surface area contributed by atoms with Crippen LogP contribution in [0, 0.1) is 5.92 Å². The molecule has 2 aromatic rings. The third-order valence-electron chi connectivity index (χ3n) is 6.87. The van der Waals surface area contributed by atoms with Crippen LogP contribution in [0.4, 0.5) is 17.5 Å². The van der Waals surface area contributed by atoms with Crippen LogP contribution in [0.15, 0.2) is 42.6 Å². The number of aromatic nitrogens is 2. The first kappa shape index (κ1) is 27.4. The number of fused-ring (bicyclic) bond motifs is 7. The summed E-state index contributed by atoms with van der Waals surface area (Å²) in [6, 6.07) is 8.11. The van der Waals surface area contributed by atoms with Crippen molar-refractivity contribution in [3.05, 3.63) is 48.2 Å². The number of benzene rings is 1. The Morgan fingerprint density at radius 1 is 1.05 bits per heavy atom. The van der Waals surface area contributed by atoms with Crippen molar-refractivity contribution < 1.29 is 17.1 Å². The molecule has 0 radical (unpaired) electrons. The molecule has 8 heteroatoms. The third kappa shape index (κ3) is 8.42. The van der Waals surface area contributed by atoms with Gasteiger partial charge in [-0.2, -0.15) is 4.98 Å². The van der Waals surface area contributed by atoms with Crippen LogP contribution in [0.5, 0.6) is 5.75 Å². The lowest BCUT2D eigenvalue weighted by atomic mass is 9.99. The van der Waals surface area contributed by atoms with E-state index in [0.717, 1.165) is 55.5 Å². The first-order chi connectivity index (χ1) is 18.3. The Labute approximate surface area is 225 Å². The van der Waals surface area contributed by atoms with Crippen LogP contribution in [-0.4, -0.2) is 74.0 Å². The Hall–Kier alpha value is -2.68. The summed E-state index contributed by atoms with van der Waals surface area (Å²) in [5.41, 5.74) is 1.94. The second-order valence-corrected chi connectivity index (χ2v) is 9.56. The number of hydrogen-bond donors (Lipinski definition) is 1. The molecule has 2 fully saturated rings. The highest BCUT2D eigenvalue weighted by atomic mass is 16.5. The van der Waals surface area contributed by atoms with Crippen LogP contribution in [-0.2, 0) is 16.1 Å². The average molecular weight is 514 g/mol. The maximum atomic E-state index is 6.18. The van der Waals surface area contributed by atoms with Crippen LogP contribution in [0.3, 0.4) is 0 Å². The van der Waals surface area contributed by atoms with Crippen molar-refractivity contribution in [1.29, 1.82) is 0 Å². The van der Waals surface area contributed by atoms with Crippen LogP contribution < -0.4 is 15.0 Å². The molecular formula is C29H47N5O3. The molecule has 1 aromatic carbocycles. The zero-order valence-corrected chi connectivity index (χ0v) is 22.5. The van der Waals surface area contributed by atoms with E-state index in [1.54, 1.807) is 0 Å². The topological polar surface area (TPSA) is 72.0 Å². The van der Waals surface area contributed by atoms with Gasteiger partial charge in [-0.25, -0.2) is 4.98 Å². The predicted molar refractivity (Wildman–Crippen MR) is 153 cm³/mol. The van der Waals surface area contributed by atoms with Crippen molar-refractivity contribution in [2.45, 2.75) is 46.1 Å². The zero-order valence-electron chi connectivity index (χ0n) is 22.5. The van der Waals surface area contributed by atoms with Crippen LogP contribution >= 0.6 is 0 Å². The van der Waals surface area contributed by atoms with Gasteiger partial charge in [0.1, 0.15) is 18.2 Å². The highest BCUT2D eigenvalue weighted by Crippen LogP contribution is 2.27. The molecule has 0 amide bonds. The maximum absolute atomic E-state index is 6.18. The van der Waals surface area contributed by atoms with E-state index in [2.05, 4.69) is 26.2 Å². The summed E-state index contributed by atoms with van der Waals surface area (Å²) < 4.78 is 18.1. The van der Waals surface area contributed by atoms with Crippen molar-refractivity contribution >= 4 is 17.5 Å². The molecule has 206 valence electrons. The molecule has 3 aliphatic rings. The standard InChI is InChI=1S/C27H37N5O3.C2H6.2H2/c1-2-12-31(11-1)14-17-35-25-8-7-24-18-23(25)21-34-16-4-3-15-33-20-22-6-5-13-32(19-22)26-9-10-28-27(29-24)30-26;1-2;;/h3-4,7-10,18,22H,1-2,5-6,11-17,19-21H2,(H,28,29,30);1-2H3;2*1H/b4-3+;;;. The highest BCUT2D eigenvalue weighted by Gasteiger charge is 2.21. The Kier molecular flexibility index (Phi) is 11.0. The van der Waals surface area contributed by atoms with Crippen LogP contribution in [0.25, 0.3) is 0 Å². The molecule has 8 nitrogen and oxygen atoms in total. The molecule has 37 heavy (non-hydrogen) atoms. The summed E-state index contributed by atoms with van der Waals surface area (Å²) in [6.45, 7) is 12.3. The van der Waals surface area contributed by atoms with Crippen LogP contribution in [0.2, 0.25) is 0 Å². The van der Waals surface area contributed by atoms with E-state index in [-0.39, 0.29) is 2.85 Å². The van der Waals surface area contributed by atoms with Gasteiger partial charge < -0.3 is 24.4 Å². The van der Waals surface area contributed by atoms with Gasteiger partial charge in [-0.3, -0.25) is 4.90 Å². The van der Waals surface area contributed by atoms with E-state index < -0.39 is 0 Å². The monoisotopic (exact) mass is 513 g/mol. The first-order valence-corrected chi connectivity index (χ1v) is 14.0. The minimum Gasteiger partial charge on any atom is -0.492 e. The Morgan fingerprint density at radius 3 is 2.76 bits per heavy atom. The van der Waals surface area contributed by atoms with Crippen molar-refractivity contribution in [2.24, 2.45) is 5.92 Å². The zero-order chi connectivity index (χ0) is 25.7. The fraction of sp³-hybridized carbons (Fsp3) is 0.586. The van der Waals surface area contributed by atoms with Gasteiger partial charge in [0.25, 0.3) is 0 Å². The van der Waals surface area contributed by atoms with Gasteiger partial charge in [-0.1, -0.05) is 26.0 Å². The SMILES string of the molecule is C1=C/COCC2CCCN(C2)c2ccnc(n2)Nc2ccc(OCCN3CCCC3)c(c2)COC/1.CC.[HH].[HH]. The van der Waals surface area contributed by atoms with E-state index in [0.29, 0.717) is 38.3 Å². The normalized spacial score (nSPS) is 21.6. The highest BCUT2D eigenvalue weighted by molar-refractivity contribution is 5.58. The summed E-state index contributed by atoms with van der Waals surface area (Å²) in [6.07, 6.45) is 10.8. The minimum absolute atomic E-state index is 0. The Bertz CT molecular complexity index is 991. The first-order valence-electron chi connectivity index (χ1n) is 14.0. The quantitative estimate of drug-likeness (QED) is 0.535. The lowest BCUT2D eigenvalue weighted by molar-refractivity contribution is 0.113. The van der Waals surface area contributed by atoms with E-state index >= 15 is 0 Å². The van der Waals surface area contributed by atoms with E-state index in [4.69, 9.17) is 19.2 Å². The molecule has 4 heterocycles. The van der Waals surface area contributed by atoms with Gasteiger partial charge in [0.2, 0.25) is 5.95 Å². The molecule has 2 saturated heterocycles. The molecular weight excluding hydrogens is 466 g/mol.